The molecule has 1 saturated heterocycles. The molecule has 1 aromatic carbocycles. The van der Waals surface area contributed by atoms with Gasteiger partial charge in [-0.3, -0.25) is 4.99 Å². The topological polar surface area (TPSA) is 39.7 Å². The molecule has 0 radical (unpaired) electrons. The van der Waals surface area contributed by atoms with Crippen molar-refractivity contribution in [1.29, 1.82) is 0 Å². The highest BCUT2D eigenvalue weighted by Gasteiger charge is 2.17. The summed E-state index contributed by atoms with van der Waals surface area (Å²) in [6.45, 7) is 11.7. The van der Waals surface area contributed by atoms with Gasteiger partial charge in [-0.2, -0.15) is 0 Å². The highest BCUT2D eigenvalue weighted by Crippen LogP contribution is 2.17. The first-order valence-corrected chi connectivity index (χ1v) is 9.35. The highest BCUT2D eigenvalue weighted by molar-refractivity contribution is 5.79. The van der Waals surface area contributed by atoms with Crippen LogP contribution in [0.1, 0.15) is 43.7 Å². The van der Waals surface area contributed by atoms with Gasteiger partial charge >= 0.3 is 0 Å². The van der Waals surface area contributed by atoms with E-state index in [0.29, 0.717) is 5.92 Å². The second kappa shape index (κ2) is 9.67. The molecule has 0 aromatic heterocycles. The Kier molecular flexibility index (Phi) is 7.57. The van der Waals surface area contributed by atoms with E-state index in [1.807, 2.05) is 0 Å². The van der Waals surface area contributed by atoms with Crippen molar-refractivity contribution < 1.29 is 0 Å². The van der Waals surface area contributed by atoms with E-state index in [9.17, 15) is 0 Å². The van der Waals surface area contributed by atoms with Gasteiger partial charge in [0.25, 0.3) is 0 Å². The number of nitrogens with zero attached hydrogens (tertiary/aromatic N) is 2. The summed E-state index contributed by atoms with van der Waals surface area (Å²) in [6, 6.07) is 8.74. The van der Waals surface area contributed by atoms with Crippen LogP contribution in [-0.2, 0) is 0 Å². The maximum Gasteiger partial charge on any atom is 0.191 e. The third-order valence-corrected chi connectivity index (χ3v) is 4.76. The molecule has 2 rings (SSSR count). The summed E-state index contributed by atoms with van der Waals surface area (Å²) in [5.41, 5.74) is 2.68. The Hall–Kier alpha value is -1.55. The van der Waals surface area contributed by atoms with Crippen molar-refractivity contribution in [1.82, 2.24) is 15.5 Å². The molecule has 2 atom stereocenters. The fourth-order valence-corrected chi connectivity index (χ4v) is 3.33. The Labute approximate surface area is 147 Å². The third kappa shape index (κ3) is 6.16. The Morgan fingerprint density at radius 1 is 1.38 bits per heavy atom. The van der Waals surface area contributed by atoms with Crippen molar-refractivity contribution in [3.05, 3.63) is 35.4 Å². The molecule has 2 N–H and O–H groups in total. The molecule has 0 saturated carbocycles. The molecule has 134 valence electrons. The first-order chi connectivity index (χ1) is 11.6. The Bertz CT molecular complexity index is 526. The first-order valence-electron chi connectivity index (χ1n) is 9.35. The van der Waals surface area contributed by atoms with E-state index in [-0.39, 0.29) is 0 Å². The molecule has 0 aliphatic carbocycles. The van der Waals surface area contributed by atoms with E-state index in [0.717, 1.165) is 31.5 Å². The minimum Gasteiger partial charge on any atom is -0.357 e. The molecule has 1 aromatic rings. The van der Waals surface area contributed by atoms with Crippen LogP contribution < -0.4 is 10.6 Å². The Balaban J connectivity index is 1.87. The van der Waals surface area contributed by atoms with Crippen molar-refractivity contribution in [3.8, 4) is 0 Å². The molecule has 0 amide bonds. The highest BCUT2D eigenvalue weighted by atomic mass is 15.2. The van der Waals surface area contributed by atoms with E-state index in [1.54, 1.807) is 0 Å². The van der Waals surface area contributed by atoms with Gasteiger partial charge in [0.2, 0.25) is 0 Å². The molecule has 4 heteroatoms. The van der Waals surface area contributed by atoms with E-state index >= 15 is 0 Å². The van der Waals surface area contributed by atoms with Crippen LogP contribution >= 0.6 is 0 Å². The normalized spacial score (nSPS) is 20.7. The van der Waals surface area contributed by atoms with Crippen molar-refractivity contribution in [2.45, 2.75) is 39.5 Å². The molecule has 1 fully saturated rings. The Morgan fingerprint density at radius 2 is 2.21 bits per heavy atom. The van der Waals surface area contributed by atoms with E-state index in [4.69, 9.17) is 4.99 Å². The summed E-state index contributed by atoms with van der Waals surface area (Å²) >= 11 is 0. The zero-order valence-electron chi connectivity index (χ0n) is 15.8. The van der Waals surface area contributed by atoms with Crippen molar-refractivity contribution in [2.24, 2.45) is 10.9 Å². The summed E-state index contributed by atoms with van der Waals surface area (Å²) < 4.78 is 0. The van der Waals surface area contributed by atoms with Gasteiger partial charge in [-0.05, 0) is 51.8 Å². The lowest BCUT2D eigenvalue weighted by Crippen LogP contribution is -2.43. The summed E-state index contributed by atoms with van der Waals surface area (Å²) in [7, 11) is 2.22. The quantitative estimate of drug-likeness (QED) is 0.622. The van der Waals surface area contributed by atoms with Crippen molar-refractivity contribution in [3.63, 3.8) is 0 Å². The number of hydrogen-bond acceptors (Lipinski definition) is 2. The fourth-order valence-electron chi connectivity index (χ4n) is 3.33. The van der Waals surface area contributed by atoms with Crippen LogP contribution in [0.15, 0.2) is 29.3 Å². The SMILES string of the molecule is CCNC(=NCC(C)c1cccc(C)c1)NCC1CCCN(C)C1. The van der Waals surface area contributed by atoms with E-state index in [2.05, 4.69) is 67.6 Å². The molecular weight excluding hydrogens is 296 g/mol. The van der Waals surface area contributed by atoms with E-state index < -0.39 is 0 Å². The van der Waals surface area contributed by atoms with Gasteiger partial charge in [0.05, 0.1) is 0 Å². The number of aryl methyl sites for hydroxylation is 1. The van der Waals surface area contributed by atoms with Gasteiger partial charge in [-0.25, -0.2) is 0 Å². The smallest absolute Gasteiger partial charge is 0.191 e. The minimum absolute atomic E-state index is 0.432. The molecule has 0 spiro atoms. The van der Waals surface area contributed by atoms with Gasteiger partial charge in [0.15, 0.2) is 5.96 Å². The van der Waals surface area contributed by atoms with Crippen molar-refractivity contribution in [2.75, 3.05) is 39.8 Å². The third-order valence-electron chi connectivity index (χ3n) is 4.76. The van der Waals surface area contributed by atoms with E-state index in [1.165, 1.54) is 37.1 Å². The van der Waals surface area contributed by atoms with Gasteiger partial charge in [0.1, 0.15) is 0 Å². The van der Waals surface area contributed by atoms with Crippen molar-refractivity contribution >= 4 is 5.96 Å². The first kappa shape index (κ1) is 18.8. The monoisotopic (exact) mass is 330 g/mol. The summed E-state index contributed by atoms with van der Waals surface area (Å²) in [4.78, 5) is 7.23. The lowest BCUT2D eigenvalue weighted by Gasteiger charge is -2.30. The number of benzene rings is 1. The molecule has 24 heavy (non-hydrogen) atoms. The van der Waals surface area contributed by atoms with Crippen LogP contribution in [-0.4, -0.2) is 50.6 Å². The molecule has 2 unspecified atom stereocenters. The maximum atomic E-state index is 4.80. The van der Waals surface area contributed by atoms with Crippen LogP contribution in [0.4, 0.5) is 0 Å². The molecule has 0 bridgehead atoms. The lowest BCUT2D eigenvalue weighted by atomic mass is 9.98. The van der Waals surface area contributed by atoms with Gasteiger partial charge < -0.3 is 15.5 Å². The number of hydrogen-bond donors (Lipinski definition) is 2. The number of aliphatic imine (C=N–C) groups is 1. The predicted molar refractivity (Wildman–Crippen MR) is 104 cm³/mol. The second-order valence-corrected chi connectivity index (χ2v) is 7.19. The van der Waals surface area contributed by atoms with Crippen LogP contribution in [0, 0.1) is 12.8 Å². The van der Waals surface area contributed by atoms with Crippen LogP contribution in [0.3, 0.4) is 0 Å². The van der Waals surface area contributed by atoms with Gasteiger partial charge in [-0.15, -0.1) is 0 Å². The number of likely N-dealkylation sites (tertiary alicyclic amines) is 1. The maximum absolute atomic E-state index is 4.80. The molecule has 1 aliphatic heterocycles. The average molecular weight is 331 g/mol. The summed E-state index contributed by atoms with van der Waals surface area (Å²) in [5, 5.41) is 6.92. The average Bonchev–Trinajstić information content (AvgIpc) is 2.57. The largest absolute Gasteiger partial charge is 0.357 e. The zero-order chi connectivity index (χ0) is 17.4. The zero-order valence-corrected chi connectivity index (χ0v) is 15.8. The summed E-state index contributed by atoms with van der Waals surface area (Å²) in [5.74, 6) is 2.10. The molecule has 1 heterocycles. The fraction of sp³-hybridized carbons (Fsp3) is 0.650. The lowest BCUT2D eigenvalue weighted by molar-refractivity contribution is 0.210. The van der Waals surface area contributed by atoms with Crippen LogP contribution in [0.5, 0.6) is 0 Å². The number of rotatable bonds is 6. The minimum atomic E-state index is 0.432. The molecular formula is C20H34N4. The van der Waals surface area contributed by atoms with Gasteiger partial charge in [-0.1, -0.05) is 36.8 Å². The van der Waals surface area contributed by atoms with Crippen LogP contribution in [0.2, 0.25) is 0 Å². The molecule has 1 aliphatic rings. The Morgan fingerprint density at radius 3 is 2.92 bits per heavy atom. The predicted octanol–water partition coefficient (Wildman–Crippen LogP) is 3.00. The van der Waals surface area contributed by atoms with Gasteiger partial charge in [0, 0.05) is 32.1 Å². The number of nitrogens with one attached hydrogen (secondary N) is 2. The van der Waals surface area contributed by atoms with Crippen LogP contribution in [0.25, 0.3) is 0 Å². The molecule has 4 nitrogen and oxygen atoms in total. The standard InChI is InChI=1S/C20H34N4/c1-5-21-20(23-14-18-9-7-11-24(4)15-18)22-13-17(3)19-10-6-8-16(2)12-19/h6,8,10,12,17-18H,5,7,9,11,13-15H2,1-4H3,(H2,21,22,23). The second-order valence-electron chi connectivity index (χ2n) is 7.19. The summed E-state index contributed by atoms with van der Waals surface area (Å²) in [6.07, 6.45) is 2.62. The number of guanidine groups is 1. The number of piperidine rings is 1.